The molecule has 1 saturated heterocycles. The third-order valence-electron chi connectivity index (χ3n) is 5.91. The van der Waals surface area contributed by atoms with Gasteiger partial charge in [-0.1, -0.05) is 48.5 Å². The Bertz CT molecular complexity index is 993. The molecule has 5 rings (SSSR count). The van der Waals surface area contributed by atoms with Crippen molar-refractivity contribution >= 4 is 5.91 Å². The minimum Gasteiger partial charge on any atom is -0.348 e. The second-order valence-electron chi connectivity index (χ2n) is 7.87. The molecule has 6 heteroatoms. The van der Waals surface area contributed by atoms with Gasteiger partial charge >= 0.3 is 0 Å². The number of para-hydroxylation sites is 1. The highest BCUT2D eigenvalue weighted by molar-refractivity contribution is 5.91. The van der Waals surface area contributed by atoms with Crippen LogP contribution in [0.4, 0.5) is 0 Å². The minimum atomic E-state index is -0.433. The van der Waals surface area contributed by atoms with Crippen LogP contribution in [0.15, 0.2) is 72.9 Å². The van der Waals surface area contributed by atoms with Crippen molar-refractivity contribution in [2.24, 2.45) is 0 Å². The summed E-state index contributed by atoms with van der Waals surface area (Å²) < 4.78 is 13.2. The fourth-order valence-electron chi connectivity index (χ4n) is 4.17. The number of amides is 1. The zero-order valence-corrected chi connectivity index (χ0v) is 16.8. The summed E-state index contributed by atoms with van der Waals surface area (Å²) in [5.41, 5.74) is 2.58. The smallest absolute Gasteiger partial charge is 0.233 e. The number of rotatable bonds is 7. The number of hydrogen-bond donors (Lipinski definition) is 0. The SMILES string of the molecule is O=C(N(Cc1ccnn1-c1ccccc1)CC1OCCO1)C1(c2ccccc2)CC1. The fourth-order valence-corrected chi connectivity index (χ4v) is 4.17. The molecule has 2 aliphatic rings. The Morgan fingerprint density at radius 2 is 1.67 bits per heavy atom. The van der Waals surface area contributed by atoms with E-state index in [-0.39, 0.29) is 12.2 Å². The third-order valence-corrected chi connectivity index (χ3v) is 5.91. The number of aromatic nitrogens is 2. The normalized spacial score (nSPS) is 17.7. The van der Waals surface area contributed by atoms with Gasteiger partial charge in [-0.15, -0.1) is 0 Å². The van der Waals surface area contributed by atoms with Gasteiger partial charge in [0.1, 0.15) is 0 Å². The van der Waals surface area contributed by atoms with E-state index in [1.807, 2.05) is 64.2 Å². The molecule has 1 aromatic heterocycles. The number of hydrogen-bond acceptors (Lipinski definition) is 4. The Balaban J connectivity index is 1.44. The molecule has 1 aliphatic carbocycles. The molecule has 0 bridgehead atoms. The van der Waals surface area contributed by atoms with E-state index in [9.17, 15) is 4.79 Å². The lowest BCUT2D eigenvalue weighted by atomic mass is 9.94. The van der Waals surface area contributed by atoms with Crippen LogP contribution in [0.2, 0.25) is 0 Å². The number of carbonyl (C=O) groups is 1. The summed E-state index contributed by atoms with van der Waals surface area (Å²) in [6, 6.07) is 22.0. The standard InChI is InChI=1S/C24H25N3O3/c28-23(24(12-13-24)19-7-3-1-4-8-19)26(18-22-29-15-16-30-22)17-21-11-14-25-27(21)20-9-5-2-6-10-20/h1-11,14,22H,12-13,15-18H2. The van der Waals surface area contributed by atoms with Crippen molar-refractivity contribution in [2.75, 3.05) is 19.8 Å². The van der Waals surface area contributed by atoms with Crippen LogP contribution in [0.3, 0.4) is 0 Å². The Morgan fingerprint density at radius 1 is 1.00 bits per heavy atom. The van der Waals surface area contributed by atoms with Crippen LogP contribution in [-0.2, 0) is 26.2 Å². The van der Waals surface area contributed by atoms with E-state index in [2.05, 4.69) is 17.2 Å². The Kier molecular flexibility index (Phi) is 5.11. The van der Waals surface area contributed by atoms with Crippen molar-refractivity contribution in [3.05, 3.63) is 84.2 Å². The second kappa shape index (κ2) is 8.05. The van der Waals surface area contributed by atoms with Gasteiger partial charge in [-0.25, -0.2) is 4.68 Å². The zero-order chi connectivity index (χ0) is 20.4. The maximum absolute atomic E-state index is 13.8. The number of nitrogens with zero attached hydrogens (tertiary/aromatic N) is 3. The molecular formula is C24H25N3O3. The monoisotopic (exact) mass is 403 g/mol. The maximum atomic E-state index is 13.8. The van der Waals surface area contributed by atoms with Gasteiger partial charge in [0.25, 0.3) is 0 Å². The summed E-state index contributed by atoms with van der Waals surface area (Å²) in [7, 11) is 0. The topological polar surface area (TPSA) is 56.6 Å². The Hall–Kier alpha value is -2.96. The van der Waals surface area contributed by atoms with Gasteiger partial charge in [-0.05, 0) is 36.6 Å². The van der Waals surface area contributed by atoms with E-state index in [1.165, 1.54) is 0 Å². The minimum absolute atomic E-state index is 0.133. The molecule has 30 heavy (non-hydrogen) atoms. The first kappa shape index (κ1) is 19.0. The average Bonchev–Trinajstić information content (AvgIpc) is 3.20. The molecule has 1 aliphatic heterocycles. The quantitative estimate of drug-likeness (QED) is 0.607. The van der Waals surface area contributed by atoms with E-state index in [4.69, 9.17) is 9.47 Å². The summed E-state index contributed by atoms with van der Waals surface area (Å²) in [4.78, 5) is 15.7. The molecule has 1 saturated carbocycles. The van der Waals surface area contributed by atoms with Crippen LogP contribution in [0, 0.1) is 0 Å². The summed E-state index contributed by atoms with van der Waals surface area (Å²) in [5.74, 6) is 0.133. The van der Waals surface area contributed by atoms with E-state index in [1.54, 1.807) is 6.20 Å². The highest BCUT2D eigenvalue weighted by Crippen LogP contribution is 2.49. The molecule has 0 atom stereocenters. The van der Waals surface area contributed by atoms with Crippen molar-refractivity contribution < 1.29 is 14.3 Å². The van der Waals surface area contributed by atoms with Gasteiger partial charge in [0.2, 0.25) is 5.91 Å². The largest absolute Gasteiger partial charge is 0.348 e. The van der Waals surface area contributed by atoms with Gasteiger partial charge in [0.15, 0.2) is 6.29 Å². The summed E-state index contributed by atoms with van der Waals surface area (Å²) in [5, 5.41) is 4.48. The average molecular weight is 403 g/mol. The Morgan fingerprint density at radius 3 is 2.33 bits per heavy atom. The molecule has 0 spiro atoms. The van der Waals surface area contributed by atoms with E-state index >= 15 is 0 Å². The predicted molar refractivity (Wildman–Crippen MR) is 112 cm³/mol. The van der Waals surface area contributed by atoms with Crippen molar-refractivity contribution in [3.63, 3.8) is 0 Å². The molecule has 2 aromatic carbocycles. The maximum Gasteiger partial charge on any atom is 0.233 e. The van der Waals surface area contributed by atoms with Gasteiger partial charge in [-0.3, -0.25) is 4.79 Å². The lowest BCUT2D eigenvalue weighted by Gasteiger charge is -2.29. The Labute approximate surface area is 176 Å². The molecule has 1 amide bonds. The molecule has 6 nitrogen and oxygen atoms in total. The van der Waals surface area contributed by atoms with Gasteiger partial charge in [0.05, 0.1) is 43.1 Å². The van der Waals surface area contributed by atoms with Gasteiger partial charge in [-0.2, -0.15) is 5.10 Å². The van der Waals surface area contributed by atoms with Crippen LogP contribution in [0.5, 0.6) is 0 Å². The molecule has 154 valence electrons. The van der Waals surface area contributed by atoms with Crippen molar-refractivity contribution in [1.29, 1.82) is 0 Å². The molecule has 3 aromatic rings. The summed E-state index contributed by atoms with van der Waals surface area (Å²) >= 11 is 0. The zero-order valence-electron chi connectivity index (χ0n) is 16.8. The highest BCUT2D eigenvalue weighted by Gasteiger charge is 2.53. The molecular weight excluding hydrogens is 378 g/mol. The van der Waals surface area contributed by atoms with E-state index in [0.717, 1.165) is 29.8 Å². The molecule has 2 heterocycles. The molecule has 0 unspecified atom stereocenters. The van der Waals surface area contributed by atoms with E-state index < -0.39 is 5.41 Å². The van der Waals surface area contributed by atoms with Crippen LogP contribution in [0.25, 0.3) is 5.69 Å². The molecule has 0 N–H and O–H groups in total. The number of benzene rings is 2. The predicted octanol–water partition coefficient (Wildman–Crippen LogP) is 3.31. The lowest BCUT2D eigenvalue weighted by Crippen LogP contribution is -2.43. The number of carbonyl (C=O) groups excluding carboxylic acids is 1. The van der Waals surface area contributed by atoms with E-state index in [0.29, 0.717) is 26.3 Å². The van der Waals surface area contributed by atoms with Gasteiger partial charge < -0.3 is 14.4 Å². The third kappa shape index (κ3) is 3.64. The summed E-state index contributed by atoms with van der Waals surface area (Å²) in [6.07, 6.45) is 3.14. The van der Waals surface area contributed by atoms with Crippen molar-refractivity contribution in [2.45, 2.75) is 31.1 Å². The van der Waals surface area contributed by atoms with Crippen LogP contribution in [0.1, 0.15) is 24.1 Å². The summed E-state index contributed by atoms with van der Waals surface area (Å²) in [6.45, 7) is 2.00. The van der Waals surface area contributed by atoms with Crippen LogP contribution in [-0.4, -0.2) is 46.6 Å². The first-order chi connectivity index (χ1) is 14.8. The van der Waals surface area contributed by atoms with Gasteiger partial charge in [0, 0.05) is 6.20 Å². The fraction of sp³-hybridized carbons (Fsp3) is 0.333. The van der Waals surface area contributed by atoms with Crippen molar-refractivity contribution in [3.8, 4) is 5.69 Å². The highest BCUT2D eigenvalue weighted by atomic mass is 16.7. The van der Waals surface area contributed by atoms with Crippen LogP contribution >= 0.6 is 0 Å². The second-order valence-corrected chi connectivity index (χ2v) is 7.87. The first-order valence-electron chi connectivity index (χ1n) is 10.4. The first-order valence-corrected chi connectivity index (χ1v) is 10.4. The number of ether oxygens (including phenoxy) is 2. The van der Waals surface area contributed by atoms with Crippen LogP contribution < -0.4 is 0 Å². The lowest BCUT2D eigenvalue weighted by molar-refractivity contribution is -0.141. The molecule has 0 radical (unpaired) electrons. The van der Waals surface area contributed by atoms with Crippen molar-refractivity contribution in [1.82, 2.24) is 14.7 Å². The molecule has 2 fully saturated rings.